The van der Waals surface area contributed by atoms with E-state index >= 15 is 0 Å². The number of carbonyl (C=O) groups excluding carboxylic acids is 1. The summed E-state index contributed by atoms with van der Waals surface area (Å²) in [7, 11) is 5.67. The second-order valence-electron chi connectivity index (χ2n) is 4.51. The van der Waals surface area contributed by atoms with Crippen LogP contribution in [0.3, 0.4) is 0 Å². The van der Waals surface area contributed by atoms with Gasteiger partial charge in [0.15, 0.2) is 0 Å². The molecule has 5 heteroatoms. The molecule has 2 rings (SSSR count). The summed E-state index contributed by atoms with van der Waals surface area (Å²) >= 11 is 5.99. The Hall–Kier alpha value is -1.94. The molecule has 0 atom stereocenters. The van der Waals surface area contributed by atoms with Crippen LogP contribution in [0.25, 0.3) is 0 Å². The zero-order valence-corrected chi connectivity index (χ0v) is 11.9. The molecule has 0 bridgehead atoms. The SMILES string of the molecule is CN(C)c1ccc(Cl)cc1NC(=O)c1cccn1C. The average Bonchev–Trinajstić information content (AvgIpc) is 2.75. The molecule has 0 fully saturated rings. The lowest BCUT2D eigenvalue weighted by atomic mass is 10.2. The lowest BCUT2D eigenvalue weighted by Crippen LogP contribution is -2.18. The number of aryl methyl sites for hydroxylation is 1. The molecule has 0 saturated heterocycles. The van der Waals surface area contributed by atoms with E-state index in [4.69, 9.17) is 11.6 Å². The van der Waals surface area contributed by atoms with Crippen LogP contribution in [-0.2, 0) is 7.05 Å². The summed E-state index contributed by atoms with van der Waals surface area (Å²) in [5, 5.41) is 3.48. The maximum Gasteiger partial charge on any atom is 0.272 e. The number of aromatic nitrogens is 1. The highest BCUT2D eigenvalue weighted by atomic mass is 35.5. The van der Waals surface area contributed by atoms with Crippen molar-refractivity contribution in [2.24, 2.45) is 7.05 Å². The third kappa shape index (κ3) is 2.90. The highest BCUT2D eigenvalue weighted by Crippen LogP contribution is 2.28. The van der Waals surface area contributed by atoms with Crippen LogP contribution < -0.4 is 10.2 Å². The van der Waals surface area contributed by atoms with Crippen LogP contribution in [0, 0.1) is 0 Å². The second-order valence-corrected chi connectivity index (χ2v) is 4.95. The van der Waals surface area contributed by atoms with E-state index in [1.54, 1.807) is 22.8 Å². The lowest BCUT2D eigenvalue weighted by Gasteiger charge is -2.18. The van der Waals surface area contributed by atoms with E-state index in [1.807, 2.05) is 44.4 Å². The predicted octanol–water partition coefficient (Wildman–Crippen LogP) is 3.00. The number of rotatable bonds is 3. The quantitative estimate of drug-likeness (QED) is 0.936. The van der Waals surface area contributed by atoms with Gasteiger partial charge in [-0.3, -0.25) is 4.79 Å². The fourth-order valence-corrected chi connectivity index (χ4v) is 2.05. The number of nitrogens with one attached hydrogen (secondary N) is 1. The topological polar surface area (TPSA) is 37.3 Å². The fourth-order valence-electron chi connectivity index (χ4n) is 1.88. The van der Waals surface area contributed by atoms with E-state index in [9.17, 15) is 4.79 Å². The molecular formula is C14H16ClN3O. The monoisotopic (exact) mass is 277 g/mol. The Kier molecular flexibility index (Phi) is 3.81. The van der Waals surface area contributed by atoms with Gasteiger partial charge in [-0.25, -0.2) is 0 Å². The maximum atomic E-state index is 12.2. The van der Waals surface area contributed by atoms with Crippen molar-refractivity contribution in [1.29, 1.82) is 0 Å². The number of hydrogen-bond acceptors (Lipinski definition) is 2. The van der Waals surface area contributed by atoms with Crippen LogP contribution in [0.1, 0.15) is 10.5 Å². The summed E-state index contributed by atoms with van der Waals surface area (Å²) in [6, 6.07) is 9.03. The summed E-state index contributed by atoms with van der Waals surface area (Å²) in [6.07, 6.45) is 1.83. The van der Waals surface area contributed by atoms with E-state index in [-0.39, 0.29) is 5.91 Å². The molecule has 1 aromatic carbocycles. The Bertz CT molecular complexity index is 604. The molecule has 100 valence electrons. The van der Waals surface area contributed by atoms with Gasteiger partial charge in [-0.05, 0) is 30.3 Å². The standard InChI is InChI=1S/C14H16ClN3O/c1-17(2)12-7-6-10(15)9-11(12)16-14(19)13-5-4-8-18(13)3/h4-9H,1-3H3,(H,16,19). The van der Waals surface area contributed by atoms with Crippen LogP contribution in [0.15, 0.2) is 36.5 Å². The van der Waals surface area contributed by atoms with Crippen LogP contribution in [-0.4, -0.2) is 24.6 Å². The van der Waals surface area contributed by atoms with Gasteiger partial charge in [0.25, 0.3) is 5.91 Å². The number of anilines is 2. The number of nitrogens with zero attached hydrogens (tertiary/aromatic N) is 2. The minimum atomic E-state index is -0.155. The van der Waals surface area contributed by atoms with E-state index < -0.39 is 0 Å². The molecule has 0 spiro atoms. The summed E-state index contributed by atoms with van der Waals surface area (Å²) in [4.78, 5) is 14.1. The van der Waals surface area contributed by atoms with Gasteiger partial charge in [0.1, 0.15) is 5.69 Å². The Labute approximate surface area is 117 Å². The smallest absolute Gasteiger partial charge is 0.272 e. The van der Waals surface area contributed by atoms with Gasteiger partial charge in [0.05, 0.1) is 11.4 Å². The number of halogens is 1. The number of hydrogen-bond donors (Lipinski definition) is 1. The van der Waals surface area contributed by atoms with Crippen LogP contribution in [0.2, 0.25) is 5.02 Å². The first-order valence-electron chi connectivity index (χ1n) is 5.88. The first-order valence-corrected chi connectivity index (χ1v) is 6.26. The van der Waals surface area contributed by atoms with Crippen molar-refractivity contribution in [2.45, 2.75) is 0 Å². The van der Waals surface area contributed by atoms with Gasteiger partial charge in [0.2, 0.25) is 0 Å². The van der Waals surface area contributed by atoms with E-state index in [1.165, 1.54) is 0 Å². The van der Waals surface area contributed by atoms with Crippen molar-refractivity contribution in [3.63, 3.8) is 0 Å². The van der Waals surface area contributed by atoms with Gasteiger partial charge in [-0.1, -0.05) is 11.6 Å². The van der Waals surface area contributed by atoms with Crippen molar-refractivity contribution in [3.05, 3.63) is 47.2 Å². The third-order valence-corrected chi connectivity index (χ3v) is 3.10. The van der Waals surface area contributed by atoms with E-state index in [0.29, 0.717) is 16.4 Å². The van der Waals surface area contributed by atoms with Gasteiger partial charge in [0, 0.05) is 32.4 Å². The Balaban J connectivity index is 2.31. The summed E-state index contributed by atoms with van der Waals surface area (Å²) in [5.41, 5.74) is 2.21. The molecule has 4 nitrogen and oxygen atoms in total. The number of carbonyl (C=O) groups is 1. The molecule has 19 heavy (non-hydrogen) atoms. The molecule has 1 amide bonds. The van der Waals surface area contributed by atoms with E-state index in [2.05, 4.69) is 5.32 Å². The minimum Gasteiger partial charge on any atom is -0.376 e. The summed E-state index contributed by atoms with van der Waals surface area (Å²) in [6.45, 7) is 0. The molecule has 1 aromatic heterocycles. The molecule has 0 aliphatic rings. The van der Waals surface area contributed by atoms with E-state index in [0.717, 1.165) is 5.69 Å². The Morgan fingerprint density at radius 1 is 1.32 bits per heavy atom. The molecule has 0 saturated carbocycles. The zero-order valence-electron chi connectivity index (χ0n) is 11.1. The average molecular weight is 278 g/mol. The van der Waals surface area contributed by atoms with Gasteiger partial charge in [-0.2, -0.15) is 0 Å². The molecule has 1 heterocycles. The molecule has 0 aliphatic heterocycles. The van der Waals surface area contributed by atoms with Crippen molar-refractivity contribution < 1.29 is 4.79 Å². The second kappa shape index (κ2) is 5.36. The first kappa shape index (κ1) is 13.5. The van der Waals surface area contributed by atoms with Crippen LogP contribution in [0.5, 0.6) is 0 Å². The lowest BCUT2D eigenvalue weighted by molar-refractivity contribution is 0.101. The third-order valence-electron chi connectivity index (χ3n) is 2.87. The van der Waals surface area contributed by atoms with Crippen molar-refractivity contribution >= 4 is 28.9 Å². The first-order chi connectivity index (χ1) is 8.99. The Morgan fingerprint density at radius 3 is 2.63 bits per heavy atom. The van der Waals surface area contributed by atoms with Gasteiger partial charge in [-0.15, -0.1) is 0 Å². The largest absolute Gasteiger partial charge is 0.376 e. The molecule has 0 unspecified atom stereocenters. The van der Waals surface area contributed by atoms with Crippen molar-refractivity contribution in [1.82, 2.24) is 4.57 Å². The number of amides is 1. The molecular weight excluding hydrogens is 262 g/mol. The normalized spacial score (nSPS) is 10.3. The molecule has 0 aliphatic carbocycles. The van der Waals surface area contributed by atoms with Gasteiger partial charge < -0.3 is 14.8 Å². The zero-order chi connectivity index (χ0) is 14.0. The molecule has 1 N–H and O–H groups in total. The predicted molar refractivity (Wildman–Crippen MR) is 79.1 cm³/mol. The summed E-state index contributed by atoms with van der Waals surface area (Å²) in [5.74, 6) is -0.155. The Morgan fingerprint density at radius 2 is 2.05 bits per heavy atom. The number of benzene rings is 1. The highest BCUT2D eigenvalue weighted by molar-refractivity contribution is 6.31. The molecule has 2 aromatic rings. The maximum absolute atomic E-state index is 12.2. The highest BCUT2D eigenvalue weighted by Gasteiger charge is 2.12. The van der Waals surface area contributed by atoms with Crippen molar-refractivity contribution in [3.8, 4) is 0 Å². The van der Waals surface area contributed by atoms with Crippen LogP contribution in [0.4, 0.5) is 11.4 Å². The fraction of sp³-hybridized carbons (Fsp3) is 0.214. The van der Waals surface area contributed by atoms with Gasteiger partial charge >= 0.3 is 0 Å². The minimum absolute atomic E-state index is 0.155. The van der Waals surface area contributed by atoms with Crippen molar-refractivity contribution in [2.75, 3.05) is 24.3 Å². The molecule has 0 radical (unpaired) electrons. The summed E-state index contributed by atoms with van der Waals surface area (Å²) < 4.78 is 1.77. The van der Waals surface area contributed by atoms with Crippen LogP contribution >= 0.6 is 11.6 Å².